The fourth-order valence-corrected chi connectivity index (χ4v) is 2.57. The lowest BCUT2D eigenvalue weighted by Crippen LogP contribution is -2.44. The summed E-state index contributed by atoms with van der Waals surface area (Å²) in [5.41, 5.74) is 0. The normalized spacial score (nSPS) is 12.2. The summed E-state index contributed by atoms with van der Waals surface area (Å²) in [6, 6.07) is 9.19. The van der Waals surface area contributed by atoms with Crippen molar-refractivity contribution in [3.63, 3.8) is 0 Å². The number of rotatable bonds is 8. The van der Waals surface area contributed by atoms with Gasteiger partial charge in [-0.1, -0.05) is 32.0 Å². The van der Waals surface area contributed by atoms with Crippen molar-refractivity contribution in [3.05, 3.63) is 30.3 Å². The first-order valence-electron chi connectivity index (χ1n) is 6.70. The van der Waals surface area contributed by atoms with Gasteiger partial charge in [-0.3, -0.25) is 4.79 Å². The lowest BCUT2D eigenvalue weighted by Gasteiger charge is -2.17. The second-order valence-corrected chi connectivity index (χ2v) is 6.06. The Labute approximate surface area is 124 Å². The summed E-state index contributed by atoms with van der Waals surface area (Å²) in [4.78, 5) is 23.8. The first-order valence-corrected chi connectivity index (χ1v) is 7.69. The van der Waals surface area contributed by atoms with Gasteiger partial charge in [-0.25, -0.2) is 4.79 Å². The number of aliphatic carboxylic acids is 1. The van der Waals surface area contributed by atoms with Crippen molar-refractivity contribution in [3.8, 4) is 0 Å². The number of amides is 1. The average Bonchev–Trinajstić information content (AvgIpc) is 2.41. The molecule has 0 saturated heterocycles. The number of hydrogen-bond acceptors (Lipinski definition) is 3. The third kappa shape index (κ3) is 6.10. The van der Waals surface area contributed by atoms with E-state index in [0.717, 1.165) is 12.2 Å². The van der Waals surface area contributed by atoms with Gasteiger partial charge in [0.05, 0.1) is 0 Å². The Balaban J connectivity index is 2.24. The lowest BCUT2D eigenvalue weighted by molar-refractivity contribution is -0.143. The Morgan fingerprint density at radius 1 is 1.25 bits per heavy atom. The summed E-state index contributed by atoms with van der Waals surface area (Å²) in [7, 11) is 0. The van der Waals surface area contributed by atoms with Crippen LogP contribution in [0, 0.1) is 5.92 Å². The summed E-state index contributed by atoms with van der Waals surface area (Å²) < 4.78 is 0. The molecule has 0 heterocycles. The SMILES string of the molecule is CC(C)C(NC(=O)CCCSc1ccccc1)C(=O)O. The van der Waals surface area contributed by atoms with Crippen molar-refractivity contribution < 1.29 is 14.7 Å². The van der Waals surface area contributed by atoms with Gasteiger partial charge in [0.15, 0.2) is 0 Å². The average molecular weight is 295 g/mol. The van der Waals surface area contributed by atoms with Gasteiger partial charge in [0.2, 0.25) is 5.91 Å². The van der Waals surface area contributed by atoms with Gasteiger partial charge in [0.1, 0.15) is 6.04 Å². The molecule has 0 aliphatic rings. The van der Waals surface area contributed by atoms with Crippen molar-refractivity contribution in [1.29, 1.82) is 0 Å². The maximum Gasteiger partial charge on any atom is 0.326 e. The van der Waals surface area contributed by atoms with Crippen LogP contribution in [0.1, 0.15) is 26.7 Å². The molecule has 1 aromatic rings. The van der Waals surface area contributed by atoms with Gasteiger partial charge in [0, 0.05) is 11.3 Å². The molecule has 0 saturated carbocycles. The lowest BCUT2D eigenvalue weighted by atomic mass is 10.0. The molecule has 1 amide bonds. The Kier molecular flexibility index (Phi) is 7.15. The number of carboxylic acid groups (broad SMARTS) is 1. The number of carbonyl (C=O) groups is 2. The van der Waals surface area contributed by atoms with Crippen LogP contribution in [0.5, 0.6) is 0 Å². The van der Waals surface area contributed by atoms with Gasteiger partial charge in [-0.05, 0) is 30.2 Å². The van der Waals surface area contributed by atoms with E-state index in [-0.39, 0.29) is 11.8 Å². The van der Waals surface area contributed by atoms with Crippen molar-refractivity contribution in [2.45, 2.75) is 37.6 Å². The molecule has 1 atom stereocenters. The van der Waals surface area contributed by atoms with Crippen molar-refractivity contribution in [2.75, 3.05) is 5.75 Å². The van der Waals surface area contributed by atoms with Crippen molar-refractivity contribution in [1.82, 2.24) is 5.32 Å². The fourth-order valence-electron chi connectivity index (χ4n) is 1.70. The van der Waals surface area contributed by atoms with Crippen LogP contribution >= 0.6 is 11.8 Å². The summed E-state index contributed by atoms with van der Waals surface area (Å²) in [5.74, 6) is -0.446. The molecule has 1 unspecified atom stereocenters. The Morgan fingerprint density at radius 2 is 1.90 bits per heavy atom. The first-order chi connectivity index (χ1) is 9.50. The van der Waals surface area contributed by atoms with E-state index in [4.69, 9.17) is 5.11 Å². The quantitative estimate of drug-likeness (QED) is 0.571. The predicted molar refractivity (Wildman–Crippen MR) is 80.8 cm³/mol. The molecule has 0 spiro atoms. The highest BCUT2D eigenvalue weighted by Gasteiger charge is 2.22. The first kappa shape index (κ1) is 16.6. The zero-order valence-corrected chi connectivity index (χ0v) is 12.7. The van der Waals surface area contributed by atoms with Crippen LogP contribution in [-0.2, 0) is 9.59 Å². The molecular formula is C15H21NO3S. The highest BCUT2D eigenvalue weighted by Crippen LogP contribution is 2.18. The standard InChI is InChI=1S/C15H21NO3S/c1-11(2)14(15(18)19)16-13(17)9-6-10-20-12-7-4-3-5-8-12/h3-5,7-8,11,14H,6,9-10H2,1-2H3,(H,16,17)(H,18,19). The molecule has 20 heavy (non-hydrogen) atoms. The van der Waals surface area contributed by atoms with Crippen molar-refractivity contribution >= 4 is 23.6 Å². The predicted octanol–water partition coefficient (Wildman–Crippen LogP) is 2.78. The molecule has 0 radical (unpaired) electrons. The number of hydrogen-bond donors (Lipinski definition) is 2. The molecule has 0 aliphatic carbocycles. The summed E-state index contributed by atoms with van der Waals surface area (Å²) in [6.07, 6.45) is 1.09. The maximum absolute atomic E-state index is 11.7. The molecule has 2 N–H and O–H groups in total. The van der Waals surface area contributed by atoms with E-state index in [2.05, 4.69) is 5.32 Å². The summed E-state index contributed by atoms with van der Waals surface area (Å²) in [6.45, 7) is 3.56. The van der Waals surface area contributed by atoms with E-state index >= 15 is 0 Å². The summed E-state index contributed by atoms with van der Waals surface area (Å²) >= 11 is 1.70. The van der Waals surface area contributed by atoms with Crippen LogP contribution in [0.3, 0.4) is 0 Å². The zero-order chi connectivity index (χ0) is 15.0. The second kappa shape index (κ2) is 8.64. The Morgan fingerprint density at radius 3 is 2.45 bits per heavy atom. The maximum atomic E-state index is 11.7. The van der Waals surface area contributed by atoms with E-state index in [0.29, 0.717) is 6.42 Å². The third-order valence-electron chi connectivity index (χ3n) is 2.81. The van der Waals surface area contributed by atoms with E-state index in [1.54, 1.807) is 25.6 Å². The Bertz CT molecular complexity index is 434. The van der Waals surface area contributed by atoms with Crippen LogP contribution in [0.2, 0.25) is 0 Å². The number of carboxylic acids is 1. The minimum Gasteiger partial charge on any atom is -0.480 e. The molecule has 1 rings (SSSR count). The monoisotopic (exact) mass is 295 g/mol. The van der Waals surface area contributed by atoms with Gasteiger partial charge >= 0.3 is 5.97 Å². The molecule has 0 aliphatic heterocycles. The molecule has 5 heteroatoms. The largest absolute Gasteiger partial charge is 0.480 e. The number of carbonyl (C=O) groups excluding carboxylic acids is 1. The van der Waals surface area contributed by atoms with Gasteiger partial charge < -0.3 is 10.4 Å². The third-order valence-corrected chi connectivity index (χ3v) is 3.91. The van der Waals surface area contributed by atoms with Gasteiger partial charge in [-0.2, -0.15) is 0 Å². The van der Waals surface area contributed by atoms with Gasteiger partial charge in [0.25, 0.3) is 0 Å². The number of nitrogens with one attached hydrogen (secondary N) is 1. The summed E-state index contributed by atoms with van der Waals surface area (Å²) in [5, 5.41) is 11.6. The molecule has 0 aromatic heterocycles. The molecule has 0 fully saturated rings. The molecule has 110 valence electrons. The molecule has 0 bridgehead atoms. The van der Waals surface area contributed by atoms with Crippen LogP contribution < -0.4 is 5.32 Å². The van der Waals surface area contributed by atoms with E-state index < -0.39 is 12.0 Å². The zero-order valence-electron chi connectivity index (χ0n) is 11.8. The fraction of sp³-hybridized carbons (Fsp3) is 0.467. The van der Waals surface area contributed by atoms with E-state index in [1.807, 2.05) is 30.3 Å². The second-order valence-electron chi connectivity index (χ2n) is 4.89. The molecule has 1 aromatic carbocycles. The van der Waals surface area contributed by atoms with Crippen LogP contribution in [0.15, 0.2) is 35.2 Å². The minimum absolute atomic E-state index is 0.116. The minimum atomic E-state index is -0.980. The van der Waals surface area contributed by atoms with E-state index in [9.17, 15) is 9.59 Å². The van der Waals surface area contributed by atoms with E-state index in [1.165, 1.54) is 4.90 Å². The number of thioether (sulfide) groups is 1. The van der Waals surface area contributed by atoms with Crippen molar-refractivity contribution in [2.24, 2.45) is 5.92 Å². The number of benzene rings is 1. The molecular weight excluding hydrogens is 274 g/mol. The van der Waals surface area contributed by atoms with Crippen LogP contribution in [-0.4, -0.2) is 28.8 Å². The van der Waals surface area contributed by atoms with Crippen LogP contribution in [0.25, 0.3) is 0 Å². The molecule has 4 nitrogen and oxygen atoms in total. The Hall–Kier alpha value is -1.49. The smallest absolute Gasteiger partial charge is 0.326 e. The highest BCUT2D eigenvalue weighted by molar-refractivity contribution is 7.99. The van der Waals surface area contributed by atoms with Crippen LogP contribution in [0.4, 0.5) is 0 Å². The van der Waals surface area contributed by atoms with Gasteiger partial charge in [-0.15, -0.1) is 11.8 Å². The topological polar surface area (TPSA) is 66.4 Å². The highest BCUT2D eigenvalue weighted by atomic mass is 32.2.